The van der Waals surface area contributed by atoms with E-state index in [2.05, 4.69) is 15.6 Å². The van der Waals surface area contributed by atoms with Crippen LogP contribution in [0.3, 0.4) is 0 Å². The number of halogens is 3. The van der Waals surface area contributed by atoms with Gasteiger partial charge >= 0.3 is 6.18 Å². The minimum absolute atomic E-state index is 0.158. The van der Waals surface area contributed by atoms with Crippen LogP contribution in [0.15, 0.2) is 18.3 Å². The molecule has 1 aliphatic rings. The number of rotatable bonds is 4. The third-order valence-electron chi connectivity index (χ3n) is 3.24. The van der Waals surface area contributed by atoms with Crippen LogP contribution in [-0.4, -0.2) is 23.5 Å². The van der Waals surface area contributed by atoms with Crippen LogP contribution in [-0.2, 0) is 11.0 Å². The van der Waals surface area contributed by atoms with E-state index in [1.807, 2.05) is 0 Å². The lowest BCUT2D eigenvalue weighted by Gasteiger charge is -2.12. The van der Waals surface area contributed by atoms with E-state index in [1.165, 1.54) is 18.9 Å². The molecule has 0 aliphatic heterocycles. The zero-order valence-electron chi connectivity index (χ0n) is 10.8. The maximum Gasteiger partial charge on any atom is 0.433 e. The van der Waals surface area contributed by atoms with Crippen LogP contribution >= 0.6 is 0 Å². The van der Waals surface area contributed by atoms with Crippen molar-refractivity contribution < 1.29 is 18.0 Å². The van der Waals surface area contributed by atoms with Gasteiger partial charge in [0, 0.05) is 6.04 Å². The maximum absolute atomic E-state index is 12.3. The number of carbonyl (C=O) groups is 1. The zero-order valence-corrected chi connectivity index (χ0v) is 10.8. The molecule has 1 aliphatic carbocycles. The molecule has 7 heteroatoms. The Kier molecular flexibility index (Phi) is 4.59. The summed E-state index contributed by atoms with van der Waals surface area (Å²) in [6, 6.07) is 2.41. The predicted octanol–water partition coefficient (Wildman–Crippen LogP) is 2.57. The van der Waals surface area contributed by atoms with Gasteiger partial charge in [-0.15, -0.1) is 0 Å². The van der Waals surface area contributed by atoms with Crippen LogP contribution in [0.25, 0.3) is 0 Å². The molecule has 2 rings (SSSR count). The van der Waals surface area contributed by atoms with E-state index in [4.69, 9.17) is 0 Å². The maximum atomic E-state index is 12.3. The second-order valence-electron chi connectivity index (χ2n) is 4.84. The average Bonchev–Trinajstić information content (AvgIpc) is 2.89. The van der Waals surface area contributed by atoms with Crippen LogP contribution in [0.2, 0.25) is 0 Å². The van der Waals surface area contributed by atoms with Gasteiger partial charge in [-0.3, -0.25) is 4.79 Å². The minimum Gasteiger partial charge on any atom is -0.324 e. The Hall–Kier alpha value is -1.63. The van der Waals surface area contributed by atoms with Crippen LogP contribution in [0.5, 0.6) is 0 Å². The van der Waals surface area contributed by atoms with E-state index >= 15 is 0 Å². The molecule has 1 fully saturated rings. The van der Waals surface area contributed by atoms with E-state index in [0.717, 1.165) is 25.1 Å². The standard InChI is InChI=1S/C13H16F3N3O/c14-13(15,16)11-6-5-10(7-18-11)19-12(20)8-17-9-3-1-2-4-9/h5-7,9,17H,1-4,8H2,(H,19,20). The number of carbonyl (C=O) groups excluding carboxylic acids is 1. The van der Waals surface area contributed by atoms with Gasteiger partial charge in [0.1, 0.15) is 5.69 Å². The molecule has 110 valence electrons. The van der Waals surface area contributed by atoms with Gasteiger partial charge in [-0.25, -0.2) is 4.98 Å². The quantitative estimate of drug-likeness (QED) is 0.895. The summed E-state index contributed by atoms with van der Waals surface area (Å²) in [5, 5.41) is 5.64. The van der Waals surface area contributed by atoms with E-state index < -0.39 is 11.9 Å². The molecule has 1 heterocycles. The van der Waals surface area contributed by atoms with E-state index in [9.17, 15) is 18.0 Å². The average molecular weight is 287 g/mol. The zero-order chi connectivity index (χ0) is 14.6. The Morgan fingerprint density at radius 1 is 1.30 bits per heavy atom. The molecule has 0 atom stereocenters. The number of nitrogens with one attached hydrogen (secondary N) is 2. The van der Waals surface area contributed by atoms with Crippen LogP contribution in [0.4, 0.5) is 18.9 Å². The highest BCUT2D eigenvalue weighted by Crippen LogP contribution is 2.27. The third kappa shape index (κ3) is 4.19. The summed E-state index contributed by atoms with van der Waals surface area (Å²) in [6.07, 6.45) is 1.01. The fourth-order valence-corrected chi connectivity index (χ4v) is 2.21. The molecular formula is C13H16F3N3O. The van der Waals surface area contributed by atoms with Gasteiger partial charge in [-0.1, -0.05) is 12.8 Å². The lowest BCUT2D eigenvalue weighted by molar-refractivity contribution is -0.141. The highest BCUT2D eigenvalue weighted by Gasteiger charge is 2.32. The molecule has 0 unspecified atom stereocenters. The van der Waals surface area contributed by atoms with Gasteiger partial charge in [0.05, 0.1) is 18.4 Å². The van der Waals surface area contributed by atoms with Crippen molar-refractivity contribution in [3.8, 4) is 0 Å². The fourth-order valence-electron chi connectivity index (χ4n) is 2.21. The molecule has 0 radical (unpaired) electrons. The van der Waals surface area contributed by atoms with Crippen molar-refractivity contribution >= 4 is 11.6 Å². The van der Waals surface area contributed by atoms with Gasteiger partial charge in [0.15, 0.2) is 0 Å². The first-order valence-corrected chi connectivity index (χ1v) is 6.51. The number of hydrogen-bond acceptors (Lipinski definition) is 3. The molecule has 1 saturated carbocycles. The summed E-state index contributed by atoms with van der Waals surface area (Å²) in [4.78, 5) is 14.9. The summed E-state index contributed by atoms with van der Waals surface area (Å²) in [6.45, 7) is 0.158. The normalized spacial score (nSPS) is 16.4. The van der Waals surface area contributed by atoms with Crippen molar-refractivity contribution in [3.05, 3.63) is 24.0 Å². The summed E-state index contributed by atoms with van der Waals surface area (Å²) in [7, 11) is 0. The second-order valence-corrected chi connectivity index (χ2v) is 4.84. The largest absolute Gasteiger partial charge is 0.433 e. The van der Waals surface area contributed by atoms with E-state index in [-0.39, 0.29) is 18.1 Å². The molecule has 1 aromatic rings. The molecule has 20 heavy (non-hydrogen) atoms. The highest BCUT2D eigenvalue weighted by molar-refractivity contribution is 5.92. The minimum atomic E-state index is -4.47. The lowest BCUT2D eigenvalue weighted by Crippen LogP contribution is -2.34. The van der Waals surface area contributed by atoms with Crippen molar-refractivity contribution in [3.63, 3.8) is 0 Å². The number of aromatic nitrogens is 1. The first-order chi connectivity index (χ1) is 9.45. The van der Waals surface area contributed by atoms with Crippen LogP contribution in [0, 0.1) is 0 Å². The van der Waals surface area contributed by atoms with Crippen molar-refractivity contribution in [1.29, 1.82) is 0 Å². The van der Waals surface area contributed by atoms with Crippen molar-refractivity contribution in [2.45, 2.75) is 37.9 Å². The van der Waals surface area contributed by atoms with Gasteiger partial charge in [0.2, 0.25) is 5.91 Å². The predicted molar refractivity (Wildman–Crippen MR) is 68.1 cm³/mol. The Morgan fingerprint density at radius 2 is 2.00 bits per heavy atom. The molecule has 0 bridgehead atoms. The summed E-state index contributed by atoms with van der Waals surface area (Å²) < 4.78 is 36.9. The molecule has 0 saturated heterocycles. The van der Waals surface area contributed by atoms with Crippen molar-refractivity contribution in [2.24, 2.45) is 0 Å². The molecule has 0 spiro atoms. The molecule has 0 aromatic carbocycles. The van der Waals surface area contributed by atoms with Gasteiger partial charge < -0.3 is 10.6 Å². The Balaban J connectivity index is 1.81. The second kappa shape index (κ2) is 6.21. The number of hydrogen-bond donors (Lipinski definition) is 2. The van der Waals surface area contributed by atoms with Gasteiger partial charge in [-0.05, 0) is 25.0 Å². The van der Waals surface area contributed by atoms with Gasteiger partial charge in [0.25, 0.3) is 0 Å². The molecule has 1 amide bonds. The first-order valence-electron chi connectivity index (χ1n) is 6.51. The van der Waals surface area contributed by atoms with Crippen molar-refractivity contribution in [1.82, 2.24) is 10.3 Å². The summed E-state index contributed by atoms with van der Waals surface area (Å²) in [5.41, 5.74) is -0.712. The highest BCUT2D eigenvalue weighted by atomic mass is 19.4. The number of anilines is 1. The molecule has 2 N–H and O–H groups in total. The first kappa shape index (κ1) is 14.8. The summed E-state index contributed by atoms with van der Waals surface area (Å²) in [5.74, 6) is -0.279. The van der Waals surface area contributed by atoms with Crippen LogP contribution in [0.1, 0.15) is 31.4 Å². The number of alkyl halides is 3. The molecular weight excluding hydrogens is 271 g/mol. The lowest BCUT2D eigenvalue weighted by atomic mass is 10.2. The van der Waals surface area contributed by atoms with Gasteiger partial charge in [-0.2, -0.15) is 13.2 Å². The molecule has 4 nitrogen and oxygen atoms in total. The Morgan fingerprint density at radius 3 is 2.55 bits per heavy atom. The number of amides is 1. The SMILES string of the molecule is O=C(CNC1CCCC1)Nc1ccc(C(F)(F)F)nc1. The van der Waals surface area contributed by atoms with Crippen LogP contribution < -0.4 is 10.6 Å². The molecule has 1 aromatic heterocycles. The Labute approximate surface area is 114 Å². The summed E-state index contributed by atoms with van der Waals surface area (Å²) >= 11 is 0. The van der Waals surface area contributed by atoms with E-state index in [1.54, 1.807) is 0 Å². The smallest absolute Gasteiger partial charge is 0.324 e. The Bertz CT molecular complexity index is 453. The third-order valence-corrected chi connectivity index (χ3v) is 3.24. The number of pyridine rings is 1. The number of nitrogens with zero attached hydrogens (tertiary/aromatic N) is 1. The van der Waals surface area contributed by atoms with E-state index in [0.29, 0.717) is 6.04 Å². The monoisotopic (exact) mass is 287 g/mol. The topological polar surface area (TPSA) is 54.0 Å². The van der Waals surface area contributed by atoms with Crippen molar-refractivity contribution in [2.75, 3.05) is 11.9 Å². The fraction of sp³-hybridized carbons (Fsp3) is 0.538.